The summed E-state index contributed by atoms with van der Waals surface area (Å²) in [6.45, 7) is 0.0762. The summed E-state index contributed by atoms with van der Waals surface area (Å²) in [5, 5.41) is 14.7. The molecule has 3 amide bonds. The lowest BCUT2D eigenvalue weighted by atomic mass is 10.1. The summed E-state index contributed by atoms with van der Waals surface area (Å²) >= 11 is 0. The second-order valence-electron chi connectivity index (χ2n) is 7.26. The third-order valence-corrected chi connectivity index (χ3v) is 4.89. The lowest BCUT2D eigenvalue weighted by Gasteiger charge is -2.19. The van der Waals surface area contributed by atoms with E-state index in [1.807, 2.05) is 0 Å². The van der Waals surface area contributed by atoms with Crippen LogP contribution in [0.2, 0.25) is 0 Å². The number of hydrogen-bond donors (Lipinski definition) is 3. The summed E-state index contributed by atoms with van der Waals surface area (Å²) in [7, 11) is 0. The van der Waals surface area contributed by atoms with Gasteiger partial charge in [0.1, 0.15) is 0 Å². The molecule has 9 heteroatoms. The van der Waals surface area contributed by atoms with Crippen molar-refractivity contribution in [2.45, 2.75) is 6.54 Å². The number of amides is 3. The zero-order valence-corrected chi connectivity index (χ0v) is 17.8. The van der Waals surface area contributed by atoms with E-state index in [1.165, 1.54) is 11.3 Å². The van der Waals surface area contributed by atoms with Crippen molar-refractivity contribution in [1.29, 1.82) is 0 Å². The summed E-state index contributed by atoms with van der Waals surface area (Å²) < 4.78 is 5.22. The number of hydrogen-bond acceptors (Lipinski definition) is 5. The molecule has 9 nitrogen and oxygen atoms in total. The average Bonchev–Trinajstić information content (AvgIpc) is 3.39. The number of aromatic nitrogens is 1. The van der Waals surface area contributed by atoms with Crippen LogP contribution in [0.1, 0.15) is 5.56 Å². The maximum atomic E-state index is 12.4. The van der Waals surface area contributed by atoms with E-state index < -0.39 is 17.9 Å². The lowest BCUT2D eigenvalue weighted by molar-refractivity contribution is -0.132. The van der Waals surface area contributed by atoms with Gasteiger partial charge in [-0.15, -0.1) is 0 Å². The van der Waals surface area contributed by atoms with Crippen molar-refractivity contribution in [3.63, 3.8) is 0 Å². The Labute approximate surface area is 194 Å². The minimum atomic E-state index is -1.10. The Kier molecular flexibility index (Phi) is 6.64. The highest BCUT2D eigenvalue weighted by atomic mass is 16.4. The Bertz CT molecular complexity index is 1290. The molecule has 0 aliphatic rings. The molecule has 0 atom stereocenters. The van der Waals surface area contributed by atoms with E-state index >= 15 is 0 Å². The fourth-order valence-corrected chi connectivity index (χ4v) is 3.26. The molecule has 0 aliphatic carbocycles. The summed E-state index contributed by atoms with van der Waals surface area (Å²) in [5.74, 6) is -1.10. The van der Waals surface area contributed by atoms with Gasteiger partial charge in [-0.3, -0.25) is 14.5 Å². The van der Waals surface area contributed by atoms with Crippen LogP contribution in [0.15, 0.2) is 95.9 Å². The highest BCUT2D eigenvalue weighted by Gasteiger charge is 2.17. The van der Waals surface area contributed by atoms with Crippen molar-refractivity contribution >= 4 is 35.0 Å². The van der Waals surface area contributed by atoms with Gasteiger partial charge in [0, 0.05) is 22.6 Å². The minimum absolute atomic E-state index is 0.0762. The Morgan fingerprint density at radius 1 is 0.853 bits per heavy atom. The fourth-order valence-electron chi connectivity index (χ4n) is 3.26. The van der Waals surface area contributed by atoms with E-state index in [4.69, 9.17) is 4.42 Å². The van der Waals surface area contributed by atoms with Crippen LogP contribution in [-0.4, -0.2) is 28.0 Å². The quantitative estimate of drug-likeness (QED) is 0.364. The van der Waals surface area contributed by atoms with Gasteiger partial charge in [-0.2, -0.15) is 0 Å². The summed E-state index contributed by atoms with van der Waals surface area (Å²) in [6.07, 6.45) is 1.80. The number of carboxylic acid groups (broad SMARTS) is 1. The molecule has 0 aliphatic heterocycles. The molecule has 3 N–H and O–H groups in total. The third kappa shape index (κ3) is 5.46. The number of anilines is 3. The predicted molar refractivity (Wildman–Crippen MR) is 126 cm³/mol. The molecule has 3 aromatic carbocycles. The Hall–Kier alpha value is -4.92. The highest BCUT2D eigenvalue weighted by Crippen LogP contribution is 2.21. The van der Waals surface area contributed by atoms with Crippen molar-refractivity contribution in [1.82, 2.24) is 4.98 Å². The van der Waals surface area contributed by atoms with Gasteiger partial charge in [0.15, 0.2) is 12.2 Å². The SMILES string of the molecule is O=C(Nc1ccc(-c2cnco2)cc1)C(=O)Nc1cccc(CN(C(=O)O)c2ccccc2)c1. The second-order valence-corrected chi connectivity index (χ2v) is 7.26. The first-order valence-corrected chi connectivity index (χ1v) is 10.3. The van der Waals surface area contributed by atoms with Crippen molar-refractivity contribution < 1.29 is 23.9 Å². The number of para-hydroxylation sites is 1. The van der Waals surface area contributed by atoms with Gasteiger partial charge in [-0.25, -0.2) is 9.78 Å². The topological polar surface area (TPSA) is 125 Å². The van der Waals surface area contributed by atoms with E-state index in [1.54, 1.807) is 85.1 Å². The number of benzene rings is 3. The molecule has 0 fully saturated rings. The number of rotatable bonds is 6. The van der Waals surface area contributed by atoms with E-state index in [-0.39, 0.29) is 6.54 Å². The zero-order valence-electron chi connectivity index (χ0n) is 17.8. The highest BCUT2D eigenvalue weighted by molar-refractivity contribution is 6.43. The van der Waals surface area contributed by atoms with Crippen LogP contribution in [0.3, 0.4) is 0 Å². The molecular formula is C25H20N4O5. The number of nitrogens with zero attached hydrogens (tertiary/aromatic N) is 2. The second kappa shape index (κ2) is 10.1. The number of nitrogens with one attached hydrogen (secondary N) is 2. The van der Waals surface area contributed by atoms with Gasteiger partial charge < -0.3 is 20.2 Å². The van der Waals surface area contributed by atoms with Gasteiger partial charge in [0.05, 0.1) is 12.7 Å². The number of carbonyl (C=O) groups excluding carboxylic acids is 2. The first-order valence-electron chi connectivity index (χ1n) is 10.3. The van der Waals surface area contributed by atoms with Crippen molar-refractivity contribution in [2.24, 2.45) is 0 Å². The van der Waals surface area contributed by atoms with Gasteiger partial charge in [-0.1, -0.05) is 30.3 Å². The van der Waals surface area contributed by atoms with E-state index in [2.05, 4.69) is 15.6 Å². The third-order valence-electron chi connectivity index (χ3n) is 4.89. The molecule has 170 valence electrons. The van der Waals surface area contributed by atoms with Crippen LogP contribution in [-0.2, 0) is 16.1 Å². The van der Waals surface area contributed by atoms with Gasteiger partial charge in [0.2, 0.25) is 0 Å². The Morgan fingerprint density at radius 2 is 1.56 bits per heavy atom. The monoisotopic (exact) mass is 456 g/mol. The van der Waals surface area contributed by atoms with E-state index in [0.29, 0.717) is 28.4 Å². The van der Waals surface area contributed by atoms with E-state index in [0.717, 1.165) is 5.56 Å². The Morgan fingerprint density at radius 3 is 2.21 bits per heavy atom. The summed E-state index contributed by atoms with van der Waals surface area (Å²) in [5.41, 5.74) is 2.77. The molecule has 4 rings (SSSR count). The molecule has 0 bridgehead atoms. The summed E-state index contributed by atoms with van der Waals surface area (Å²) in [6, 6.07) is 22.1. The Balaban J connectivity index is 1.38. The van der Waals surface area contributed by atoms with Crippen LogP contribution in [0, 0.1) is 0 Å². The van der Waals surface area contributed by atoms with Gasteiger partial charge in [-0.05, 0) is 54.1 Å². The normalized spacial score (nSPS) is 10.4. The number of carbonyl (C=O) groups is 3. The molecule has 0 radical (unpaired) electrons. The average molecular weight is 456 g/mol. The maximum absolute atomic E-state index is 12.4. The first kappa shape index (κ1) is 22.3. The van der Waals surface area contributed by atoms with Crippen LogP contribution in [0.25, 0.3) is 11.3 Å². The predicted octanol–water partition coefficient (Wildman–Crippen LogP) is 4.60. The minimum Gasteiger partial charge on any atom is -0.465 e. The van der Waals surface area contributed by atoms with Crippen LogP contribution in [0.4, 0.5) is 21.9 Å². The van der Waals surface area contributed by atoms with Crippen LogP contribution >= 0.6 is 0 Å². The molecule has 0 unspecified atom stereocenters. The molecule has 4 aromatic rings. The van der Waals surface area contributed by atoms with Gasteiger partial charge >= 0.3 is 17.9 Å². The maximum Gasteiger partial charge on any atom is 0.412 e. The lowest BCUT2D eigenvalue weighted by Crippen LogP contribution is -2.29. The van der Waals surface area contributed by atoms with Crippen LogP contribution in [0.5, 0.6) is 0 Å². The molecule has 34 heavy (non-hydrogen) atoms. The number of oxazole rings is 1. The van der Waals surface area contributed by atoms with E-state index in [9.17, 15) is 19.5 Å². The molecular weight excluding hydrogens is 436 g/mol. The molecule has 0 saturated carbocycles. The van der Waals surface area contributed by atoms with Crippen molar-refractivity contribution in [2.75, 3.05) is 15.5 Å². The smallest absolute Gasteiger partial charge is 0.412 e. The first-order chi connectivity index (χ1) is 16.5. The van der Waals surface area contributed by atoms with Gasteiger partial charge in [0.25, 0.3) is 0 Å². The standard InChI is InChI=1S/C25H20N4O5/c30-23(27-19-11-9-18(10-12-19)22-14-26-16-34-22)24(31)28-20-6-4-5-17(13-20)15-29(25(32)33)21-7-2-1-3-8-21/h1-14,16H,15H2,(H,27,30)(H,28,31)(H,32,33). The molecule has 1 heterocycles. The molecule has 0 spiro atoms. The largest absolute Gasteiger partial charge is 0.465 e. The zero-order chi connectivity index (χ0) is 23.9. The van der Waals surface area contributed by atoms with Crippen molar-refractivity contribution in [3.05, 3.63) is 97.0 Å². The molecule has 1 aromatic heterocycles. The fraction of sp³-hybridized carbons (Fsp3) is 0.0400. The summed E-state index contributed by atoms with van der Waals surface area (Å²) in [4.78, 5) is 41.5. The van der Waals surface area contributed by atoms with Crippen LogP contribution < -0.4 is 15.5 Å². The van der Waals surface area contributed by atoms with Crippen molar-refractivity contribution in [3.8, 4) is 11.3 Å². The molecule has 0 saturated heterocycles.